The maximum atomic E-state index is 12.0. The van der Waals surface area contributed by atoms with Gasteiger partial charge in [0, 0.05) is 40.5 Å². The smallest absolute Gasteiger partial charge is 0.225 e. The minimum absolute atomic E-state index is 0.0528. The number of rotatable bonds is 2. The van der Waals surface area contributed by atoms with Gasteiger partial charge in [-0.05, 0) is 34.9 Å². The number of nitrogens with zero attached hydrogens (tertiary/aromatic N) is 1. The van der Waals surface area contributed by atoms with E-state index in [-0.39, 0.29) is 11.3 Å². The van der Waals surface area contributed by atoms with Crippen LogP contribution in [-0.4, -0.2) is 15.9 Å². The van der Waals surface area contributed by atoms with E-state index in [1.165, 1.54) is 0 Å². The molecule has 3 aromatic rings. The van der Waals surface area contributed by atoms with Crippen LogP contribution in [0.5, 0.6) is 0 Å². The lowest BCUT2D eigenvalue weighted by Gasteiger charge is -2.32. The third-order valence-corrected chi connectivity index (χ3v) is 4.91. The van der Waals surface area contributed by atoms with Crippen molar-refractivity contribution in [2.45, 2.75) is 25.7 Å². The molecule has 2 N–H and O–H groups in total. The first-order valence-corrected chi connectivity index (χ1v) is 8.56. The molecule has 1 aliphatic rings. The molecule has 0 aliphatic carbocycles. The highest BCUT2D eigenvalue weighted by atomic mass is 35.5. The summed E-state index contributed by atoms with van der Waals surface area (Å²) < 4.78 is 0. The van der Waals surface area contributed by atoms with Gasteiger partial charge < -0.3 is 10.3 Å². The van der Waals surface area contributed by atoms with Gasteiger partial charge in [-0.2, -0.15) is 0 Å². The summed E-state index contributed by atoms with van der Waals surface area (Å²) in [6, 6.07) is 12.0. The summed E-state index contributed by atoms with van der Waals surface area (Å²) in [4.78, 5) is 19.5. The van der Waals surface area contributed by atoms with Crippen LogP contribution in [0.15, 0.2) is 48.8 Å². The average molecular weight is 352 g/mol. The predicted octanol–water partition coefficient (Wildman–Crippen LogP) is 5.02. The van der Waals surface area contributed by atoms with Crippen LogP contribution < -0.4 is 5.32 Å². The lowest BCUT2D eigenvalue weighted by molar-refractivity contribution is -0.117. The fourth-order valence-electron chi connectivity index (χ4n) is 3.47. The van der Waals surface area contributed by atoms with Crippen LogP contribution in [0, 0.1) is 0 Å². The second-order valence-corrected chi connectivity index (χ2v) is 7.43. The quantitative estimate of drug-likeness (QED) is 0.681. The SMILES string of the molecule is CC1(C)CC(=O)Nc2cc(-c3ccc(Cl)cc3-c3ncc[nH]3)ccc21. The Morgan fingerprint density at radius 2 is 1.96 bits per heavy atom. The van der Waals surface area contributed by atoms with Gasteiger partial charge in [0.05, 0.1) is 0 Å². The van der Waals surface area contributed by atoms with Gasteiger partial charge in [-0.15, -0.1) is 0 Å². The third kappa shape index (κ3) is 2.83. The van der Waals surface area contributed by atoms with Crippen LogP contribution >= 0.6 is 11.6 Å². The number of aromatic nitrogens is 2. The highest BCUT2D eigenvalue weighted by molar-refractivity contribution is 6.31. The van der Waals surface area contributed by atoms with E-state index in [2.05, 4.69) is 41.3 Å². The summed E-state index contributed by atoms with van der Waals surface area (Å²) in [5, 5.41) is 3.66. The van der Waals surface area contributed by atoms with E-state index in [4.69, 9.17) is 11.6 Å². The van der Waals surface area contributed by atoms with Crippen molar-refractivity contribution < 1.29 is 4.79 Å². The zero-order chi connectivity index (χ0) is 17.6. The molecule has 4 nitrogen and oxygen atoms in total. The van der Waals surface area contributed by atoms with E-state index in [1.807, 2.05) is 24.3 Å². The van der Waals surface area contributed by atoms with Crippen LogP contribution in [0.3, 0.4) is 0 Å². The first kappa shape index (κ1) is 15.9. The van der Waals surface area contributed by atoms with E-state index in [0.29, 0.717) is 11.4 Å². The largest absolute Gasteiger partial charge is 0.345 e. The van der Waals surface area contributed by atoms with Gasteiger partial charge in [-0.25, -0.2) is 4.98 Å². The number of H-pyrrole nitrogens is 1. The molecule has 1 aromatic heterocycles. The Balaban J connectivity index is 1.87. The number of nitrogens with one attached hydrogen (secondary N) is 2. The van der Waals surface area contributed by atoms with Crippen LogP contribution in [0.1, 0.15) is 25.8 Å². The number of halogens is 1. The second-order valence-electron chi connectivity index (χ2n) is 7.00. The molecule has 4 rings (SSSR count). The number of imidazole rings is 1. The number of anilines is 1. The molecular weight excluding hydrogens is 334 g/mol. The normalized spacial score (nSPS) is 15.6. The fraction of sp³-hybridized carbons (Fsp3) is 0.200. The molecule has 0 fully saturated rings. The van der Waals surface area contributed by atoms with E-state index in [0.717, 1.165) is 33.8 Å². The summed E-state index contributed by atoms with van der Waals surface area (Å²) in [6.07, 6.45) is 4.00. The van der Waals surface area contributed by atoms with Gasteiger partial charge in [-0.1, -0.05) is 43.6 Å². The zero-order valence-corrected chi connectivity index (χ0v) is 14.8. The van der Waals surface area contributed by atoms with Crippen molar-refractivity contribution in [3.8, 4) is 22.5 Å². The van der Waals surface area contributed by atoms with Crippen molar-refractivity contribution in [1.82, 2.24) is 9.97 Å². The lowest BCUT2D eigenvalue weighted by Crippen LogP contribution is -2.32. The molecule has 0 bridgehead atoms. The highest BCUT2D eigenvalue weighted by Gasteiger charge is 2.32. The topological polar surface area (TPSA) is 57.8 Å². The van der Waals surface area contributed by atoms with E-state index < -0.39 is 0 Å². The molecule has 25 heavy (non-hydrogen) atoms. The van der Waals surface area contributed by atoms with Crippen LogP contribution in [0.2, 0.25) is 5.02 Å². The van der Waals surface area contributed by atoms with Crippen molar-refractivity contribution in [1.29, 1.82) is 0 Å². The molecule has 0 saturated heterocycles. The maximum absolute atomic E-state index is 12.0. The molecule has 0 saturated carbocycles. The number of aromatic amines is 1. The number of benzene rings is 2. The molecule has 0 radical (unpaired) electrons. The second kappa shape index (κ2) is 5.74. The van der Waals surface area contributed by atoms with E-state index >= 15 is 0 Å². The number of hydrogen-bond acceptors (Lipinski definition) is 2. The zero-order valence-electron chi connectivity index (χ0n) is 14.1. The number of carbonyl (C=O) groups excluding carboxylic acids is 1. The minimum Gasteiger partial charge on any atom is -0.345 e. The first-order valence-electron chi connectivity index (χ1n) is 8.18. The summed E-state index contributed by atoms with van der Waals surface area (Å²) in [7, 11) is 0. The van der Waals surface area contributed by atoms with E-state index in [1.54, 1.807) is 12.4 Å². The number of hydrogen-bond donors (Lipinski definition) is 2. The highest BCUT2D eigenvalue weighted by Crippen LogP contribution is 2.41. The molecule has 2 aromatic carbocycles. The maximum Gasteiger partial charge on any atom is 0.225 e. The third-order valence-electron chi connectivity index (χ3n) is 4.67. The Bertz CT molecular complexity index is 961. The van der Waals surface area contributed by atoms with Crippen LogP contribution in [-0.2, 0) is 10.2 Å². The molecular formula is C20H18ClN3O. The molecule has 0 atom stereocenters. The summed E-state index contributed by atoms with van der Waals surface area (Å²) in [5.74, 6) is 0.816. The first-order chi connectivity index (χ1) is 11.9. The van der Waals surface area contributed by atoms with E-state index in [9.17, 15) is 4.79 Å². The van der Waals surface area contributed by atoms with Gasteiger partial charge in [0.1, 0.15) is 5.82 Å². The molecule has 1 aliphatic heterocycles. The Labute approximate surface area is 151 Å². The molecule has 0 unspecified atom stereocenters. The molecule has 1 amide bonds. The Kier molecular flexibility index (Phi) is 3.65. The van der Waals surface area contributed by atoms with Gasteiger partial charge in [0.25, 0.3) is 0 Å². The number of carbonyl (C=O) groups is 1. The Hall–Kier alpha value is -2.59. The Morgan fingerprint density at radius 3 is 2.72 bits per heavy atom. The van der Waals surface area contributed by atoms with Gasteiger partial charge >= 0.3 is 0 Å². The summed E-state index contributed by atoms with van der Waals surface area (Å²) in [6.45, 7) is 4.20. The summed E-state index contributed by atoms with van der Waals surface area (Å²) >= 11 is 6.19. The molecule has 126 valence electrons. The predicted molar refractivity (Wildman–Crippen MR) is 101 cm³/mol. The van der Waals surface area contributed by atoms with Crippen molar-refractivity contribution in [2.75, 3.05) is 5.32 Å². The average Bonchev–Trinajstić information content (AvgIpc) is 3.07. The number of amides is 1. The molecule has 0 spiro atoms. The van der Waals surface area contributed by atoms with Crippen LogP contribution in [0.4, 0.5) is 5.69 Å². The van der Waals surface area contributed by atoms with Crippen molar-refractivity contribution in [2.24, 2.45) is 0 Å². The van der Waals surface area contributed by atoms with Gasteiger partial charge in [-0.3, -0.25) is 4.79 Å². The lowest BCUT2D eigenvalue weighted by atomic mass is 9.77. The van der Waals surface area contributed by atoms with Crippen LogP contribution in [0.25, 0.3) is 22.5 Å². The molecule has 5 heteroatoms. The summed E-state index contributed by atoms with van der Waals surface area (Å²) in [5.41, 5.74) is 4.82. The van der Waals surface area contributed by atoms with Crippen molar-refractivity contribution >= 4 is 23.2 Å². The molecule has 2 heterocycles. The minimum atomic E-state index is -0.167. The van der Waals surface area contributed by atoms with Crippen molar-refractivity contribution in [3.05, 3.63) is 59.4 Å². The standard InChI is InChI=1S/C20H18ClN3O/c1-20(2)11-18(25)24-17-9-12(3-6-16(17)20)14-5-4-13(21)10-15(14)19-22-7-8-23-19/h3-10H,11H2,1-2H3,(H,22,23)(H,24,25). The number of fused-ring (bicyclic) bond motifs is 1. The monoisotopic (exact) mass is 351 g/mol. The van der Waals surface area contributed by atoms with Crippen molar-refractivity contribution in [3.63, 3.8) is 0 Å². The Morgan fingerprint density at radius 1 is 1.12 bits per heavy atom. The fourth-order valence-corrected chi connectivity index (χ4v) is 3.65. The van der Waals surface area contributed by atoms with Gasteiger partial charge in [0.15, 0.2) is 0 Å². The van der Waals surface area contributed by atoms with Gasteiger partial charge in [0.2, 0.25) is 5.91 Å².